The van der Waals surface area contributed by atoms with E-state index in [0.717, 1.165) is 55.8 Å². The normalized spacial score (nSPS) is 12.4. The standard InChI is InChI=1S/C48H33N3.C44H26N4S/c1-48(2)42-19-10-9-18-38(42)40-27-26-39-41(44(40)48)25-22-30-20-21-35-28-34(23-24-37(35)43(30)39)33-16-11-17-36(29-33)47-50-45(31-12-5-3-6-13-31)49-46(51-47)32-14-7-4-8-15-32;1-3-9-28(10-4-1)42-46-43(29-11-5-2-6-12-29)48-44(47-42)32-19-24-38(45-26-32)31-18-20-33-30(25-31)16-15-27-17-21-37-35(40(27)33)22-23-36-34-13-7-8-14-39(34)49-41(36)37/h3-29H,1-2H3;1-26H. The van der Waals surface area contributed by atoms with E-state index in [4.69, 9.17) is 34.9 Å². The molecule has 0 saturated heterocycles. The minimum Gasteiger partial charge on any atom is -0.255 e. The van der Waals surface area contributed by atoms with Crippen molar-refractivity contribution in [2.24, 2.45) is 0 Å². The molecule has 0 atom stereocenters. The summed E-state index contributed by atoms with van der Waals surface area (Å²) < 4.78 is 2.68. The minimum absolute atomic E-state index is 0.0653. The second-order valence-electron chi connectivity index (χ2n) is 26.3. The van der Waals surface area contributed by atoms with Crippen molar-refractivity contribution in [2.75, 3.05) is 0 Å². The lowest BCUT2D eigenvalue weighted by Gasteiger charge is -2.23. The Hall–Kier alpha value is -12.8. The highest BCUT2D eigenvalue weighted by molar-refractivity contribution is 7.26. The summed E-state index contributed by atoms with van der Waals surface area (Å²) in [5, 5.41) is 17.9. The molecule has 8 heteroatoms. The minimum atomic E-state index is -0.0653. The van der Waals surface area contributed by atoms with Crippen molar-refractivity contribution >= 4 is 96.1 Å². The van der Waals surface area contributed by atoms with Crippen LogP contribution in [0.2, 0.25) is 0 Å². The van der Waals surface area contributed by atoms with Crippen molar-refractivity contribution in [2.45, 2.75) is 19.3 Å². The number of pyridine rings is 1. The number of benzene rings is 15. The fraction of sp³-hybridized carbons (Fsp3) is 0.0326. The average molecular weight is 1290 g/mol. The topological polar surface area (TPSA) is 90.2 Å². The molecule has 0 unspecified atom stereocenters. The zero-order valence-corrected chi connectivity index (χ0v) is 55.5. The van der Waals surface area contributed by atoms with Gasteiger partial charge in [-0.1, -0.05) is 293 Å². The quantitative estimate of drug-likeness (QED) is 0.140. The molecule has 0 N–H and O–H groups in total. The Labute approximate surface area is 581 Å². The van der Waals surface area contributed by atoms with E-state index in [2.05, 4.69) is 208 Å². The molecule has 0 bridgehead atoms. The first-order valence-corrected chi connectivity index (χ1v) is 34.6. The molecule has 0 amide bonds. The van der Waals surface area contributed by atoms with Crippen LogP contribution in [0.3, 0.4) is 0 Å². The SMILES string of the molecule is CC1(C)c2ccccc2-c2ccc3c(ccc4ccc5cc(-c6cccc(-c7nc(-c8ccccc8)nc(-c8ccccc8)n7)c6)ccc5c43)c21.c1ccc(-c2nc(-c3ccccc3)nc(-c3ccc(-c4ccc5c(ccc6ccc7c(ccc8c9ccccc9sc87)c65)c4)nc3)n2)cc1. The summed E-state index contributed by atoms with van der Waals surface area (Å²) in [6, 6.07) is 112. The van der Waals surface area contributed by atoms with Gasteiger partial charge in [0.15, 0.2) is 34.9 Å². The lowest BCUT2D eigenvalue weighted by molar-refractivity contribution is 0.666. The van der Waals surface area contributed by atoms with Gasteiger partial charge in [0.2, 0.25) is 0 Å². The first-order chi connectivity index (χ1) is 49.3. The number of fused-ring (bicyclic) bond motifs is 18. The second kappa shape index (κ2) is 23.8. The van der Waals surface area contributed by atoms with Crippen molar-refractivity contribution in [1.29, 1.82) is 0 Å². The molecule has 0 aliphatic heterocycles. The highest BCUT2D eigenvalue weighted by Gasteiger charge is 2.37. The molecule has 1 aliphatic rings. The van der Waals surface area contributed by atoms with Crippen LogP contribution in [-0.4, -0.2) is 34.9 Å². The van der Waals surface area contributed by atoms with E-state index in [1.54, 1.807) is 0 Å². The first-order valence-electron chi connectivity index (χ1n) is 33.8. The van der Waals surface area contributed by atoms with Crippen molar-refractivity contribution in [3.63, 3.8) is 0 Å². The Bertz CT molecular complexity index is 6360. The Balaban J connectivity index is 0.000000139. The largest absolute Gasteiger partial charge is 0.255 e. The smallest absolute Gasteiger partial charge is 0.165 e. The average Bonchev–Trinajstić information content (AvgIpc) is 1.52. The highest BCUT2D eigenvalue weighted by atomic mass is 32.1. The van der Waals surface area contributed by atoms with E-state index in [0.29, 0.717) is 34.9 Å². The lowest BCUT2D eigenvalue weighted by atomic mass is 9.79. The fourth-order valence-corrected chi connectivity index (χ4v) is 16.4. The van der Waals surface area contributed by atoms with E-state index in [1.165, 1.54) is 107 Å². The fourth-order valence-electron chi connectivity index (χ4n) is 15.2. The Morgan fingerprint density at radius 1 is 0.260 bits per heavy atom. The lowest BCUT2D eigenvalue weighted by Crippen LogP contribution is -2.15. The molecular formula is C92H59N7S. The molecule has 0 fully saturated rings. The van der Waals surface area contributed by atoms with Gasteiger partial charge in [0.1, 0.15) is 0 Å². The van der Waals surface area contributed by atoms with Gasteiger partial charge in [-0.2, -0.15) is 0 Å². The molecule has 0 saturated carbocycles. The van der Waals surface area contributed by atoms with E-state index >= 15 is 0 Å². The number of aromatic nitrogens is 7. The molecule has 19 aromatic rings. The van der Waals surface area contributed by atoms with Crippen LogP contribution in [0.5, 0.6) is 0 Å². The van der Waals surface area contributed by atoms with Crippen molar-refractivity contribution in [3.05, 3.63) is 333 Å². The molecule has 1 aliphatic carbocycles. The molecule has 15 aromatic carbocycles. The molecule has 0 radical (unpaired) electrons. The summed E-state index contributed by atoms with van der Waals surface area (Å²) in [5.74, 6) is 3.84. The molecular weight excluding hydrogens is 1240 g/mol. The van der Waals surface area contributed by atoms with E-state index in [-0.39, 0.29) is 5.41 Å². The Morgan fingerprint density at radius 2 is 0.670 bits per heavy atom. The van der Waals surface area contributed by atoms with Crippen LogP contribution in [0.15, 0.2) is 322 Å². The van der Waals surface area contributed by atoms with Gasteiger partial charge in [-0.05, 0) is 129 Å². The van der Waals surface area contributed by atoms with Crippen LogP contribution in [0.25, 0.3) is 187 Å². The van der Waals surface area contributed by atoms with Crippen molar-refractivity contribution < 1.29 is 0 Å². The molecule has 468 valence electrons. The highest BCUT2D eigenvalue weighted by Crippen LogP contribution is 2.53. The number of nitrogens with zero attached hydrogens (tertiary/aromatic N) is 7. The predicted octanol–water partition coefficient (Wildman–Crippen LogP) is 24.1. The van der Waals surface area contributed by atoms with Crippen molar-refractivity contribution in [1.82, 2.24) is 34.9 Å². The molecule has 4 heterocycles. The maximum atomic E-state index is 4.97. The van der Waals surface area contributed by atoms with Gasteiger partial charge in [0.05, 0.1) is 5.69 Å². The monoisotopic (exact) mass is 1290 g/mol. The summed E-state index contributed by atoms with van der Waals surface area (Å²) in [6.07, 6.45) is 1.86. The van der Waals surface area contributed by atoms with Gasteiger partial charge in [0.25, 0.3) is 0 Å². The Morgan fingerprint density at radius 3 is 1.27 bits per heavy atom. The molecule has 0 spiro atoms. The van der Waals surface area contributed by atoms with Crippen LogP contribution >= 0.6 is 11.3 Å². The van der Waals surface area contributed by atoms with Gasteiger partial charge >= 0.3 is 0 Å². The Kier molecular flexibility index (Phi) is 14.0. The second-order valence-corrected chi connectivity index (χ2v) is 27.4. The number of hydrogen-bond donors (Lipinski definition) is 0. The zero-order chi connectivity index (χ0) is 66.4. The summed E-state index contributed by atoms with van der Waals surface area (Å²) in [4.78, 5) is 34.3. The number of hydrogen-bond acceptors (Lipinski definition) is 8. The third-order valence-corrected chi connectivity index (χ3v) is 21.2. The van der Waals surface area contributed by atoms with Gasteiger partial charge < -0.3 is 0 Å². The number of rotatable bonds is 8. The molecule has 7 nitrogen and oxygen atoms in total. The maximum Gasteiger partial charge on any atom is 0.165 e. The molecule has 100 heavy (non-hydrogen) atoms. The van der Waals surface area contributed by atoms with Crippen LogP contribution in [0.4, 0.5) is 0 Å². The van der Waals surface area contributed by atoms with Crippen LogP contribution in [0, 0.1) is 0 Å². The van der Waals surface area contributed by atoms with Crippen LogP contribution in [-0.2, 0) is 5.41 Å². The number of thiophene rings is 1. The van der Waals surface area contributed by atoms with Gasteiger partial charge in [-0.15, -0.1) is 11.3 Å². The van der Waals surface area contributed by atoms with Crippen LogP contribution in [0.1, 0.15) is 25.0 Å². The van der Waals surface area contributed by atoms with E-state index < -0.39 is 0 Å². The third kappa shape index (κ3) is 10.1. The first kappa shape index (κ1) is 58.6. The molecule has 20 rings (SSSR count). The van der Waals surface area contributed by atoms with Gasteiger partial charge in [0, 0.05) is 76.1 Å². The van der Waals surface area contributed by atoms with Crippen molar-refractivity contribution in [3.8, 4) is 102 Å². The predicted molar refractivity (Wildman–Crippen MR) is 416 cm³/mol. The maximum absolute atomic E-state index is 4.97. The summed E-state index contributed by atoms with van der Waals surface area (Å²) in [5.41, 5.74) is 15.3. The summed E-state index contributed by atoms with van der Waals surface area (Å²) >= 11 is 1.88. The summed E-state index contributed by atoms with van der Waals surface area (Å²) in [7, 11) is 0. The van der Waals surface area contributed by atoms with Gasteiger partial charge in [-0.3, -0.25) is 4.98 Å². The summed E-state index contributed by atoms with van der Waals surface area (Å²) in [6.45, 7) is 4.74. The van der Waals surface area contributed by atoms with Crippen LogP contribution < -0.4 is 0 Å². The van der Waals surface area contributed by atoms with Gasteiger partial charge in [-0.25, -0.2) is 29.9 Å². The molecule has 4 aromatic heterocycles. The van der Waals surface area contributed by atoms with E-state index in [1.807, 2.05) is 139 Å². The zero-order valence-electron chi connectivity index (χ0n) is 54.6. The third-order valence-electron chi connectivity index (χ3n) is 20.0. The van der Waals surface area contributed by atoms with E-state index in [9.17, 15) is 0 Å².